The summed E-state index contributed by atoms with van der Waals surface area (Å²) in [6.45, 7) is 0.522. The number of benzene rings is 1. The number of thioether (sulfide) groups is 1. The van der Waals surface area contributed by atoms with E-state index < -0.39 is 0 Å². The van der Waals surface area contributed by atoms with Gasteiger partial charge >= 0.3 is 0 Å². The average molecular weight is 195 g/mol. The second-order valence-corrected chi connectivity index (χ2v) is 4.67. The molecule has 0 radical (unpaired) electrons. The summed E-state index contributed by atoms with van der Waals surface area (Å²) in [5, 5.41) is 9.35. The van der Waals surface area contributed by atoms with E-state index in [-0.39, 0.29) is 0 Å². The summed E-state index contributed by atoms with van der Waals surface area (Å²) in [7, 11) is 0. The minimum atomic E-state index is 0.522. The van der Waals surface area contributed by atoms with Crippen LogP contribution in [-0.2, 0) is 6.54 Å². The first kappa shape index (κ1) is 9.06. The quantitative estimate of drug-likeness (QED) is 0.724. The first-order chi connectivity index (χ1) is 6.38. The fraction of sp³-hybridized carbons (Fsp3) is 0.400. The highest BCUT2D eigenvalue weighted by Crippen LogP contribution is 2.38. The molecular weight excluding hydrogens is 182 g/mol. The monoisotopic (exact) mass is 195 g/mol. The number of hydrogen-bond donors (Lipinski definition) is 2. The van der Waals surface area contributed by atoms with Crippen LogP contribution in [0.3, 0.4) is 0 Å². The molecule has 1 aromatic carbocycles. The van der Waals surface area contributed by atoms with Gasteiger partial charge in [0, 0.05) is 16.7 Å². The molecule has 2 nitrogen and oxygen atoms in total. The molecule has 0 atom stereocenters. The highest BCUT2D eigenvalue weighted by Gasteiger charge is 2.22. The largest absolute Gasteiger partial charge is 0.316 e. The smallest absolute Gasteiger partial charge is 0.0458 e. The van der Waals surface area contributed by atoms with E-state index in [1.54, 1.807) is 0 Å². The van der Waals surface area contributed by atoms with Crippen molar-refractivity contribution in [2.75, 3.05) is 0 Å². The Labute approximate surface area is 82.3 Å². The Hall–Kier alpha value is -0.510. The Morgan fingerprint density at radius 3 is 2.54 bits per heavy atom. The van der Waals surface area contributed by atoms with E-state index in [4.69, 9.17) is 5.21 Å². The summed E-state index contributed by atoms with van der Waals surface area (Å²) < 4.78 is 0. The van der Waals surface area contributed by atoms with E-state index >= 15 is 0 Å². The molecule has 3 heteroatoms. The Morgan fingerprint density at radius 2 is 2.00 bits per heavy atom. The maximum atomic E-state index is 8.49. The summed E-state index contributed by atoms with van der Waals surface area (Å²) in [6, 6.07) is 8.34. The lowest BCUT2D eigenvalue weighted by atomic mass is 10.2. The van der Waals surface area contributed by atoms with Gasteiger partial charge in [-0.2, -0.15) is 0 Å². The van der Waals surface area contributed by atoms with Gasteiger partial charge in [-0.3, -0.25) is 0 Å². The molecule has 2 rings (SSSR count). The first-order valence-electron chi connectivity index (χ1n) is 4.51. The highest BCUT2D eigenvalue weighted by atomic mass is 32.2. The van der Waals surface area contributed by atoms with Crippen molar-refractivity contribution >= 4 is 11.8 Å². The van der Waals surface area contributed by atoms with Crippen LogP contribution in [0, 0.1) is 0 Å². The normalized spacial score (nSPS) is 16.1. The van der Waals surface area contributed by atoms with Crippen LogP contribution in [0.15, 0.2) is 29.2 Å². The predicted molar refractivity (Wildman–Crippen MR) is 53.9 cm³/mol. The maximum absolute atomic E-state index is 8.49. The third-order valence-corrected chi connectivity index (χ3v) is 3.38. The SMILES string of the molecule is ONCc1ccc(SC2CC2)cc1. The van der Waals surface area contributed by atoms with Gasteiger partial charge in [-0.1, -0.05) is 12.1 Å². The third-order valence-electron chi connectivity index (χ3n) is 2.03. The molecule has 0 heterocycles. The average Bonchev–Trinajstić information content (AvgIpc) is 2.93. The van der Waals surface area contributed by atoms with Crippen LogP contribution < -0.4 is 5.48 Å². The molecule has 0 bridgehead atoms. The Morgan fingerprint density at radius 1 is 1.31 bits per heavy atom. The van der Waals surface area contributed by atoms with Gasteiger partial charge in [0.2, 0.25) is 0 Å². The molecule has 2 N–H and O–H groups in total. The van der Waals surface area contributed by atoms with Crippen molar-refractivity contribution in [2.24, 2.45) is 0 Å². The van der Waals surface area contributed by atoms with Crippen LogP contribution >= 0.6 is 11.8 Å². The van der Waals surface area contributed by atoms with Gasteiger partial charge in [0.15, 0.2) is 0 Å². The molecule has 0 spiro atoms. The lowest BCUT2D eigenvalue weighted by Gasteiger charge is -2.01. The first-order valence-corrected chi connectivity index (χ1v) is 5.39. The summed E-state index contributed by atoms with van der Waals surface area (Å²) in [5.74, 6) is 0. The number of hydroxylamine groups is 1. The van der Waals surface area contributed by atoms with Crippen LogP contribution in [0.2, 0.25) is 0 Å². The Kier molecular flexibility index (Phi) is 2.88. The van der Waals surface area contributed by atoms with Gasteiger partial charge in [0.05, 0.1) is 0 Å². The van der Waals surface area contributed by atoms with Crippen LogP contribution in [0.5, 0.6) is 0 Å². The minimum Gasteiger partial charge on any atom is -0.316 e. The molecule has 1 aliphatic carbocycles. The lowest BCUT2D eigenvalue weighted by Crippen LogP contribution is -2.05. The molecule has 1 aromatic rings. The summed E-state index contributed by atoms with van der Waals surface area (Å²) in [5.41, 5.74) is 3.26. The van der Waals surface area contributed by atoms with Crippen LogP contribution in [-0.4, -0.2) is 10.5 Å². The second kappa shape index (κ2) is 4.13. The van der Waals surface area contributed by atoms with Gasteiger partial charge in [-0.25, -0.2) is 5.48 Å². The van der Waals surface area contributed by atoms with E-state index in [0.29, 0.717) is 6.54 Å². The molecule has 70 valence electrons. The molecule has 0 unspecified atom stereocenters. The number of hydrogen-bond acceptors (Lipinski definition) is 3. The van der Waals surface area contributed by atoms with Gasteiger partial charge < -0.3 is 5.21 Å². The number of rotatable bonds is 4. The van der Waals surface area contributed by atoms with E-state index in [0.717, 1.165) is 10.8 Å². The van der Waals surface area contributed by atoms with Crippen LogP contribution in [0.1, 0.15) is 18.4 Å². The molecule has 0 saturated heterocycles. The van der Waals surface area contributed by atoms with Crippen molar-refractivity contribution in [3.8, 4) is 0 Å². The van der Waals surface area contributed by atoms with Gasteiger partial charge in [-0.05, 0) is 30.5 Å². The molecular formula is C10H13NOS. The van der Waals surface area contributed by atoms with E-state index in [9.17, 15) is 0 Å². The third kappa shape index (κ3) is 2.72. The summed E-state index contributed by atoms with van der Waals surface area (Å²) >= 11 is 1.95. The standard InChI is InChI=1S/C10H13NOS/c12-11-7-8-1-3-9(4-2-8)13-10-5-6-10/h1-4,10-12H,5-7H2. The number of nitrogens with one attached hydrogen (secondary N) is 1. The van der Waals surface area contributed by atoms with Gasteiger partial charge in [0.25, 0.3) is 0 Å². The van der Waals surface area contributed by atoms with Crippen LogP contribution in [0.25, 0.3) is 0 Å². The zero-order valence-electron chi connectivity index (χ0n) is 7.36. The van der Waals surface area contributed by atoms with Gasteiger partial charge in [-0.15, -0.1) is 11.8 Å². The second-order valence-electron chi connectivity index (χ2n) is 3.30. The highest BCUT2D eigenvalue weighted by molar-refractivity contribution is 8.00. The molecule has 13 heavy (non-hydrogen) atoms. The summed E-state index contributed by atoms with van der Waals surface area (Å²) in [6.07, 6.45) is 2.73. The van der Waals surface area contributed by atoms with Crippen molar-refractivity contribution in [1.82, 2.24) is 5.48 Å². The maximum Gasteiger partial charge on any atom is 0.0458 e. The van der Waals surface area contributed by atoms with E-state index in [1.165, 1.54) is 17.7 Å². The Bertz CT molecular complexity index is 269. The molecule has 0 amide bonds. The minimum absolute atomic E-state index is 0.522. The molecule has 0 aliphatic heterocycles. The van der Waals surface area contributed by atoms with E-state index in [2.05, 4.69) is 17.6 Å². The molecule has 1 aliphatic rings. The van der Waals surface area contributed by atoms with Crippen molar-refractivity contribution in [3.63, 3.8) is 0 Å². The fourth-order valence-electron chi connectivity index (χ4n) is 1.16. The van der Waals surface area contributed by atoms with Crippen molar-refractivity contribution in [1.29, 1.82) is 0 Å². The van der Waals surface area contributed by atoms with Crippen molar-refractivity contribution in [2.45, 2.75) is 29.5 Å². The summed E-state index contributed by atoms with van der Waals surface area (Å²) in [4.78, 5) is 1.34. The van der Waals surface area contributed by atoms with E-state index in [1.807, 2.05) is 23.9 Å². The molecule has 1 saturated carbocycles. The predicted octanol–water partition coefficient (Wildman–Crippen LogP) is 2.42. The fourth-order valence-corrected chi connectivity index (χ4v) is 2.21. The zero-order valence-corrected chi connectivity index (χ0v) is 8.18. The zero-order chi connectivity index (χ0) is 9.10. The topological polar surface area (TPSA) is 32.3 Å². The van der Waals surface area contributed by atoms with Crippen LogP contribution in [0.4, 0.5) is 0 Å². The van der Waals surface area contributed by atoms with Crippen molar-refractivity contribution < 1.29 is 5.21 Å². The molecule has 0 aromatic heterocycles. The van der Waals surface area contributed by atoms with Gasteiger partial charge in [0.1, 0.15) is 0 Å². The molecule has 1 fully saturated rings. The lowest BCUT2D eigenvalue weighted by molar-refractivity contribution is 0.161. The Balaban J connectivity index is 1.95. The van der Waals surface area contributed by atoms with Crippen molar-refractivity contribution in [3.05, 3.63) is 29.8 Å².